The number of sulfonamides is 1. The van der Waals surface area contributed by atoms with Crippen molar-refractivity contribution in [3.8, 4) is 6.07 Å². The van der Waals surface area contributed by atoms with E-state index in [1.807, 2.05) is 6.07 Å². The number of carbonyl (C=O) groups is 1. The minimum absolute atomic E-state index is 0.322. The zero-order valence-electron chi connectivity index (χ0n) is 10.8. The van der Waals surface area contributed by atoms with Gasteiger partial charge in [0.25, 0.3) is 10.0 Å². The number of hydrogen-bond acceptors (Lipinski definition) is 5. The van der Waals surface area contributed by atoms with Crippen molar-refractivity contribution in [3.63, 3.8) is 0 Å². The molecule has 0 spiro atoms. The van der Waals surface area contributed by atoms with Crippen molar-refractivity contribution in [2.75, 3.05) is 11.4 Å². The second-order valence-electron chi connectivity index (χ2n) is 4.06. The van der Waals surface area contributed by atoms with Gasteiger partial charge in [-0.2, -0.15) is 13.7 Å². The smallest absolute Gasteiger partial charge is 0.371 e. The number of anilines is 1. The lowest BCUT2D eigenvalue weighted by Gasteiger charge is -2.17. The van der Waals surface area contributed by atoms with Crippen molar-refractivity contribution in [2.45, 2.75) is 5.09 Å². The van der Waals surface area contributed by atoms with E-state index in [0.717, 1.165) is 16.4 Å². The minimum Gasteiger partial charge on any atom is -0.475 e. The molecule has 8 heteroatoms. The standard InChI is InChI=1S/C13H10N2O5S/c1-15(10-4-2-9(8-14)3-5-10)21(18,19)12-7-6-11(20-12)13(16)17/h2-7H,1H3,(H,16,17). The molecule has 0 saturated heterocycles. The zero-order valence-corrected chi connectivity index (χ0v) is 11.7. The summed E-state index contributed by atoms with van der Waals surface area (Å²) in [5, 5.41) is 17.0. The van der Waals surface area contributed by atoms with E-state index in [-0.39, 0.29) is 0 Å². The summed E-state index contributed by atoms with van der Waals surface area (Å²) < 4.78 is 30.4. The van der Waals surface area contributed by atoms with Crippen LogP contribution in [0.3, 0.4) is 0 Å². The van der Waals surface area contributed by atoms with E-state index in [4.69, 9.17) is 14.8 Å². The number of aromatic carboxylic acids is 1. The minimum atomic E-state index is -4.00. The van der Waals surface area contributed by atoms with Crippen molar-refractivity contribution < 1.29 is 22.7 Å². The molecule has 2 rings (SSSR count). The molecule has 0 bridgehead atoms. The molecular weight excluding hydrogens is 296 g/mol. The lowest BCUT2D eigenvalue weighted by molar-refractivity contribution is 0.0656. The SMILES string of the molecule is CN(c1ccc(C#N)cc1)S(=O)(=O)c1ccc(C(=O)O)o1. The van der Waals surface area contributed by atoms with Gasteiger partial charge in [-0.15, -0.1) is 0 Å². The van der Waals surface area contributed by atoms with Crippen LogP contribution in [-0.4, -0.2) is 26.5 Å². The Labute approximate surface area is 120 Å². The number of carboxylic acids is 1. The molecule has 0 unspecified atom stereocenters. The fourth-order valence-electron chi connectivity index (χ4n) is 1.59. The van der Waals surface area contributed by atoms with Crippen LogP contribution in [-0.2, 0) is 10.0 Å². The first-order chi connectivity index (χ1) is 9.86. The molecule has 1 heterocycles. The molecule has 1 aromatic heterocycles. The molecule has 0 saturated carbocycles. The van der Waals surface area contributed by atoms with Crippen LogP contribution in [0.25, 0.3) is 0 Å². The van der Waals surface area contributed by atoms with E-state index >= 15 is 0 Å². The van der Waals surface area contributed by atoms with Gasteiger partial charge in [0.1, 0.15) is 0 Å². The number of nitriles is 1. The normalized spacial score (nSPS) is 10.9. The average molecular weight is 306 g/mol. The highest BCUT2D eigenvalue weighted by molar-refractivity contribution is 7.92. The largest absolute Gasteiger partial charge is 0.475 e. The van der Waals surface area contributed by atoms with Gasteiger partial charge in [-0.25, -0.2) is 4.79 Å². The van der Waals surface area contributed by atoms with Crippen LogP contribution in [0.4, 0.5) is 5.69 Å². The van der Waals surface area contributed by atoms with Crippen LogP contribution >= 0.6 is 0 Å². The van der Waals surface area contributed by atoms with E-state index in [0.29, 0.717) is 11.3 Å². The Morgan fingerprint density at radius 2 is 1.86 bits per heavy atom. The van der Waals surface area contributed by atoms with Gasteiger partial charge in [0, 0.05) is 7.05 Å². The Kier molecular flexibility index (Phi) is 3.69. The van der Waals surface area contributed by atoms with Gasteiger partial charge in [-0.1, -0.05) is 0 Å². The highest BCUT2D eigenvalue weighted by atomic mass is 32.2. The Morgan fingerprint density at radius 1 is 1.24 bits per heavy atom. The van der Waals surface area contributed by atoms with Crippen LogP contribution in [0, 0.1) is 11.3 Å². The molecule has 0 fully saturated rings. The Balaban J connectivity index is 2.37. The molecule has 21 heavy (non-hydrogen) atoms. The first-order valence-corrected chi connectivity index (χ1v) is 7.12. The molecule has 0 aliphatic carbocycles. The van der Waals surface area contributed by atoms with Crippen LogP contribution in [0.5, 0.6) is 0 Å². The number of rotatable bonds is 4. The van der Waals surface area contributed by atoms with Gasteiger partial charge >= 0.3 is 5.97 Å². The summed E-state index contributed by atoms with van der Waals surface area (Å²) in [6.07, 6.45) is 0. The summed E-state index contributed by atoms with van der Waals surface area (Å²) in [6.45, 7) is 0. The summed E-state index contributed by atoms with van der Waals surface area (Å²) in [5.74, 6) is -1.81. The molecular formula is C13H10N2O5S. The van der Waals surface area contributed by atoms with E-state index in [1.165, 1.54) is 31.3 Å². The molecule has 108 valence electrons. The maximum atomic E-state index is 12.3. The van der Waals surface area contributed by atoms with Crippen LogP contribution < -0.4 is 4.31 Å². The number of carboxylic acid groups (broad SMARTS) is 1. The Hall–Kier alpha value is -2.79. The van der Waals surface area contributed by atoms with E-state index in [1.54, 1.807) is 0 Å². The second kappa shape index (κ2) is 5.30. The molecule has 0 radical (unpaired) electrons. The quantitative estimate of drug-likeness (QED) is 0.919. The topological polar surface area (TPSA) is 112 Å². The van der Waals surface area contributed by atoms with Gasteiger partial charge in [0.05, 0.1) is 17.3 Å². The van der Waals surface area contributed by atoms with E-state index in [9.17, 15) is 13.2 Å². The van der Waals surface area contributed by atoms with Gasteiger partial charge < -0.3 is 9.52 Å². The number of nitrogens with zero attached hydrogens (tertiary/aromatic N) is 2. The van der Waals surface area contributed by atoms with Gasteiger partial charge in [-0.3, -0.25) is 4.31 Å². The molecule has 7 nitrogen and oxygen atoms in total. The predicted octanol–water partition coefficient (Wildman–Crippen LogP) is 1.67. The Morgan fingerprint density at radius 3 is 2.33 bits per heavy atom. The average Bonchev–Trinajstić information content (AvgIpc) is 2.97. The summed E-state index contributed by atoms with van der Waals surface area (Å²) in [5.41, 5.74) is 0.720. The third-order valence-electron chi connectivity index (χ3n) is 2.77. The molecule has 0 aliphatic rings. The molecule has 1 N–H and O–H groups in total. The van der Waals surface area contributed by atoms with Crippen molar-refractivity contribution in [1.82, 2.24) is 0 Å². The maximum Gasteiger partial charge on any atom is 0.371 e. The van der Waals surface area contributed by atoms with Crippen molar-refractivity contribution in [2.24, 2.45) is 0 Å². The third-order valence-corrected chi connectivity index (χ3v) is 4.43. The lowest BCUT2D eigenvalue weighted by atomic mass is 10.2. The third kappa shape index (κ3) is 2.73. The zero-order chi connectivity index (χ0) is 15.6. The van der Waals surface area contributed by atoms with Crippen LogP contribution in [0.15, 0.2) is 45.9 Å². The molecule has 0 aliphatic heterocycles. The molecule has 2 aromatic rings. The molecule has 1 aromatic carbocycles. The summed E-state index contributed by atoms with van der Waals surface area (Å²) in [7, 11) is -2.70. The number of furan rings is 1. The van der Waals surface area contributed by atoms with Gasteiger partial charge in [-0.05, 0) is 36.4 Å². The number of hydrogen-bond donors (Lipinski definition) is 1. The fourth-order valence-corrected chi connectivity index (χ4v) is 2.70. The van der Waals surface area contributed by atoms with Gasteiger partial charge in [0.2, 0.25) is 10.9 Å². The number of benzene rings is 1. The predicted molar refractivity (Wildman–Crippen MR) is 72.4 cm³/mol. The van der Waals surface area contributed by atoms with E-state index in [2.05, 4.69) is 0 Å². The fraction of sp³-hybridized carbons (Fsp3) is 0.0769. The first-order valence-electron chi connectivity index (χ1n) is 5.68. The van der Waals surface area contributed by atoms with Crippen LogP contribution in [0.1, 0.15) is 16.1 Å². The summed E-state index contributed by atoms with van der Waals surface area (Å²) >= 11 is 0. The van der Waals surface area contributed by atoms with Gasteiger partial charge in [0.15, 0.2) is 0 Å². The maximum absolute atomic E-state index is 12.3. The van der Waals surface area contributed by atoms with E-state index < -0.39 is 26.8 Å². The monoisotopic (exact) mass is 306 g/mol. The first kappa shape index (κ1) is 14.6. The van der Waals surface area contributed by atoms with Crippen LogP contribution in [0.2, 0.25) is 0 Å². The lowest BCUT2D eigenvalue weighted by Crippen LogP contribution is -2.26. The summed E-state index contributed by atoms with van der Waals surface area (Å²) in [6, 6.07) is 9.98. The highest BCUT2D eigenvalue weighted by Crippen LogP contribution is 2.23. The van der Waals surface area contributed by atoms with Crippen molar-refractivity contribution in [3.05, 3.63) is 47.7 Å². The summed E-state index contributed by atoms with van der Waals surface area (Å²) in [4.78, 5) is 10.7. The Bertz CT molecular complexity index is 815. The highest BCUT2D eigenvalue weighted by Gasteiger charge is 2.26. The molecule has 0 atom stereocenters. The second-order valence-corrected chi connectivity index (χ2v) is 5.96. The van der Waals surface area contributed by atoms with Crippen molar-refractivity contribution in [1.29, 1.82) is 5.26 Å². The van der Waals surface area contributed by atoms with Crippen molar-refractivity contribution >= 4 is 21.7 Å². The molecule has 0 amide bonds.